The molecule has 2 rings (SSSR count). The van der Waals surface area contributed by atoms with Crippen LogP contribution in [-0.4, -0.2) is 36.7 Å². The molecule has 0 spiro atoms. The molecule has 1 saturated heterocycles. The number of halogens is 2. The largest absolute Gasteiger partial charge is 0.481 e. The molecule has 1 aliphatic heterocycles. The maximum Gasteiger partial charge on any atom is 0.311 e. The van der Waals surface area contributed by atoms with Crippen LogP contribution in [0.25, 0.3) is 0 Å². The second-order valence-corrected chi connectivity index (χ2v) is 5.41. The smallest absolute Gasteiger partial charge is 0.311 e. The van der Waals surface area contributed by atoms with E-state index >= 15 is 0 Å². The van der Waals surface area contributed by atoms with Crippen LogP contribution < -0.4 is 5.32 Å². The van der Waals surface area contributed by atoms with Gasteiger partial charge in [-0.25, -0.2) is 4.39 Å². The monoisotopic (exact) mass is 315 g/mol. The van der Waals surface area contributed by atoms with Crippen molar-refractivity contribution in [3.05, 3.63) is 34.6 Å². The van der Waals surface area contributed by atoms with E-state index in [4.69, 9.17) is 16.3 Å². The molecule has 7 heteroatoms. The Hall–Kier alpha value is -1.66. The number of hydrogen-bond acceptors (Lipinski definition) is 3. The van der Waals surface area contributed by atoms with Gasteiger partial charge in [0.15, 0.2) is 0 Å². The number of hydrogen-bond donors (Lipinski definition) is 2. The van der Waals surface area contributed by atoms with Gasteiger partial charge >= 0.3 is 5.97 Å². The molecule has 1 aliphatic rings. The van der Waals surface area contributed by atoms with Crippen LogP contribution in [0.2, 0.25) is 5.02 Å². The van der Waals surface area contributed by atoms with Gasteiger partial charge in [0.1, 0.15) is 5.82 Å². The zero-order chi connectivity index (χ0) is 15.5. The maximum atomic E-state index is 12.9. The Bertz CT molecular complexity index is 558. The lowest BCUT2D eigenvalue weighted by Crippen LogP contribution is -2.46. The Balaban J connectivity index is 2.07. The lowest BCUT2D eigenvalue weighted by molar-refractivity contribution is -0.154. The minimum absolute atomic E-state index is 0.0103. The number of carbonyl (C=O) groups excluding carboxylic acids is 1. The van der Waals surface area contributed by atoms with Crippen molar-refractivity contribution in [2.75, 3.05) is 19.8 Å². The number of amides is 1. The highest BCUT2D eigenvalue weighted by molar-refractivity contribution is 6.33. The number of carbonyl (C=O) groups is 2. The number of carboxylic acids is 1. The fourth-order valence-corrected chi connectivity index (χ4v) is 2.50. The fourth-order valence-electron chi connectivity index (χ4n) is 2.25. The first-order valence-electron chi connectivity index (χ1n) is 6.49. The quantitative estimate of drug-likeness (QED) is 0.892. The minimum atomic E-state index is -1.03. The van der Waals surface area contributed by atoms with Crippen molar-refractivity contribution in [3.8, 4) is 0 Å². The number of aliphatic carboxylic acids is 1. The van der Waals surface area contributed by atoms with E-state index in [1.807, 2.05) is 0 Å². The first-order valence-corrected chi connectivity index (χ1v) is 6.87. The highest BCUT2D eigenvalue weighted by Crippen LogP contribution is 2.30. The van der Waals surface area contributed by atoms with E-state index in [-0.39, 0.29) is 17.1 Å². The number of nitrogens with one attached hydrogen (secondary N) is 1. The van der Waals surface area contributed by atoms with Gasteiger partial charge in [-0.15, -0.1) is 0 Å². The molecule has 2 N–H and O–H groups in total. The van der Waals surface area contributed by atoms with Gasteiger partial charge in [-0.05, 0) is 31.0 Å². The zero-order valence-electron chi connectivity index (χ0n) is 11.2. The van der Waals surface area contributed by atoms with Crippen LogP contribution in [0.1, 0.15) is 23.2 Å². The van der Waals surface area contributed by atoms with Crippen LogP contribution in [0.3, 0.4) is 0 Å². The summed E-state index contributed by atoms with van der Waals surface area (Å²) in [5.41, 5.74) is -0.911. The van der Waals surface area contributed by atoms with Gasteiger partial charge in [0.25, 0.3) is 5.91 Å². The molecule has 1 aromatic carbocycles. The molecule has 5 nitrogen and oxygen atoms in total. The molecule has 0 aromatic heterocycles. The van der Waals surface area contributed by atoms with Gasteiger partial charge in [-0.2, -0.15) is 0 Å². The Morgan fingerprint density at radius 1 is 1.38 bits per heavy atom. The van der Waals surface area contributed by atoms with Crippen LogP contribution in [0, 0.1) is 11.2 Å². The third-order valence-electron chi connectivity index (χ3n) is 3.67. The summed E-state index contributed by atoms with van der Waals surface area (Å²) in [7, 11) is 0. The Morgan fingerprint density at radius 2 is 2.05 bits per heavy atom. The summed E-state index contributed by atoms with van der Waals surface area (Å²) in [6, 6.07) is 3.44. The topological polar surface area (TPSA) is 75.6 Å². The molecule has 0 bridgehead atoms. The van der Waals surface area contributed by atoms with Crippen molar-refractivity contribution in [1.29, 1.82) is 0 Å². The molecule has 114 valence electrons. The number of carboxylic acid groups (broad SMARTS) is 1. The minimum Gasteiger partial charge on any atom is -0.481 e. The molecule has 0 radical (unpaired) electrons. The van der Waals surface area contributed by atoms with E-state index in [9.17, 15) is 19.1 Å². The van der Waals surface area contributed by atoms with Crippen LogP contribution in [0.15, 0.2) is 18.2 Å². The van der Waals surface area contributed by atoms with Crippen molar-refractivity contribution in [2.24, 2.45) is 5.41 Å². The predicted molar refractivity (Wildman–Crippen MR) is 73.9 cm³/mol. The zero-order valence-corrected chi connectivity index (χ0v) is 12.0. The Kier molecular flexibility index (Phi) is 4.80. The highest BCUT2D eigenvalue weighted by atomic mass is 35.5. The first kappa shape index (κ1) is 15.7. The fraction of sp³-hybridized carbons (Fsp3) is 0.429. The standard InChI is InChI=1S/C14H15ClFNO4/c15-11-7-9(16)1-2-10(11)12(18)17-8-14(13(19)20)3-5-21-6-4-14/h1-2,7H,3-6,8H2,(H,17,18)(H,19,20). The number of rotatable bonds is 4. The summed E-state index contributed by atoms with van der Waals surface area (Å²) in [4.78, 5) is 23.5. The third kappa shape index (κ3) is 3.51. The van der Waals surface area contributed by atoms with E-state index < -0.39 is 23.1 Å². The summed E-state index contributed by atoms with van der Waals surface area (Å²) in [5, 5.41) is 11.9. The third-order valence-corrected chi connectivity index (χ3v) is 3.98. The first-order chi connectivity index (χ1) is 9.94. The Labute approximate surface area is 126 Å². The van der Waals surface area contributed by atoms with Crippen molar-refractivity contribution in [1.82, 2.24) is 5.32 Å². The van der Waals surface area contributed by atoms with E-state index in [1.165, 1.54) is 6.07 Å². The summed E-state index contributed by atoms with van der Waals surface area (Å²) < 4.78 is 18.1. The number of ether oxygens (including phenoxy) is 1. The van der Waals surface area contributed by atoms with E-state index in [1.54, 1.807) is 0 Å². The van der Waals surface area contributed by atoms with Crippen molar-refractivity contribution >= 4 is 23.5 Å². The lowest BCUT2D eigenvalue weighted by atomic mass is 9.80. The molecule has 1 aromatic rings. The normalized spacial score (nSPS) is 17.2. The molecule has 1 amide bonds. The molecule has 21 heavy (non-hydrogen) atoms. The van der Waals surface area contributed by atoms with Gasteiger partial charge in [0.2, 0.25) is 0 Å². The van der Waals surface area contributed by atoms with Gasteiger partial charge in [0.05, 0.1) is 16.0 Å². The van der Waals surface area contributed by atoms with Crippen LogP contribution in [0.5, 0.6) is 0 Å². The van der Waals surface area contributed by atoms with Crippen molar-refractivity contribution < 1.29 is 23.8 Å². The molecule has 0 saturated carbocycles. The van der Waals surface area contributed by atoms with Gasteiger partial charge in [-0.1, -0.05) is 11.6 Å². The van der Waals surface area contributed by atoms with E-state index in [2.05, 4.69) is 5.32 Å². The molecule has 0 atom stereocenters. The van der Waals surface area contributed by atoms with Gasteiger partial charge in [0, 0.05) is 19.8 Å². The molecule has 1 heterocycles. The van der Waals surface area contributed by atoms with Crippen LogP contribution >= 0.6 is 11.6 Å². The Morgan fingerprint density at radius 3 is 2.62 bits per heavy atom. The SMILES string of the molecule is O=C(NCC1(C(=O)O)CCOCC1)c1ccc(F)cc1Cl. The second-order valence-electron chi connectivity index (χ2n) is 5.00. The second kappa shape index (κ2) is 6.41. The van der Waals surface area contributed by atoms with Gasteiger partial charge < -0.3 is 15.2 Å². The summed E-state index contributed by atoms with van der Waals surface area (Å²) in [6.45, 7) is 0.678. The molecule has 1 fully saturated rings. The average Bonchev–Trinajstić information content (AvgIpc) is 2.45. The van der Waals surface area contributed by atoms with E-state index in [0.717, 1.165) is 12.1 Å². The van der Waals surface area contributed by atoms with Crippen LogP contribution in [-0.2, 0) is 9.53 Å². The summed E-state index contributed by atoms with van der Waals surface area (Å²) in [6.07, 6.45) is 0.666. The maximum absolute atomic E-state index is 12.9. The summed E-state index contributed by atoms with van der Waals surface area (Å²) in [5.74, 6) is -2.02. The predicted octanol–water partition coefficient (Wildman–Crippen LogP) is 2.09. The molecular weight excluding hydrogens is 301 g/mol. The van der Waals surface area contributed by atoms with Crippen molar-refractivity contribution in [3.63, 3.8) is 0 Å². The molecular formula is C14H15ClFNO4. The summed E-state index contributed by atoms with van der Waals surface area (Å²) >= 11 is 5.81. The average molecular weight is 316 g/mol. The highest BCUT2D eigenvalue weighted by Gasteiger charge is 2.40. The number of benzene rings is 1. The molecule has 0 unspecified atom stereocenters. The van der Waals surface area contributed by atoms with Gasteiger partial charge in [-0.3, -0.25) is 9.59 Å². The molecule has 0 aliphatic carbocycles. The lowest BCUT2D eigenvalue weighted by Gasteiger charge is -2.33. The van der Waals surface area contributed by atoms with Crippen LogP contribution in [0.4, 0.5) is 4.39 Å². The van der Waals surface area contributed by atoms with Crippen molar-refractivity contribution in [2.45, 2.75) is 12.8 Å². The van der Waals surface area contributed by atoms with E-state index in [0.29, 0.717) is 26.1 Å².